The zero-order valence-electron chi connectivity index (χ0n) is 18.8. The summed E-state index contributed by atoms with van der Waals surface area (Å²) in [4.78, 5) is 26.7. The maximum Gasteiger partial charge on any atom is 0.292 e. The van der Waals surface area contributed by atoms with Crippen LogP contribution in [0.5, 0.6) is 0 Å². The van der Waals surface area contributed by atoms with Crippen LogP contribution in [0.1, 0.15) is 51.4 Å². The van der Waals surface area contributed by atoms with Crippen molar-refractivity contribution in [2.24, 2.45) is 7.05 Å². The van der Waals surface area contributed by atoms with Crippen molar-refractivity contribution in [1.29, 1.82) is 0 Å². The number of rotatable bonds is 4. The number of pyridine rings is 1. The van der Waals surface area contributed by atoms with Gasteiger partial charge < -0.3 is 14.3 Å². The molecular weight excluding hydrogens is 458 g/mol. The molecule has 35 heavy (non-hydrogen) atoms. The summed E-state index contributed by atoms with van der Waals surface area (Å²) in [6.45, 7) is 2.23. The van der Waals surface area contributed by atoms with Gasteiger partial charge in [0.2, 0.25) is 11.7 Å². The van der Waals surface area contributed by atoms with Gasteiger partial charge in [0.1, 0.15) is 6.04 Å². The largest absolute Gasteiger partial charge is 0.430 e. The van der Waals surface area contributed by atoms with E-state index in [0.29, 0.717) is 23.4 Å². The summed E-state index contributed by atoms with van der Waals surface area (Å²) in [5, 5.41) is 8.70. The number of aromatic amines is 1. The molecule has 0 spiro atoms. The van der Waals surface area contributed by atoms with Crippen molar-refractivity contribution in [2.75, 3.05) is 6.54 Å². The number of halogens is 2. The highest BCUT2D eigenvalue weighted by atomic mass is 19.3. The Morgan fingerprint density at radius 1 is 1.34 bits per heavy atom. The molecule has 1 amide bonds. The van der Waals surface area contributed by atoms with Gasteiger partial charge in [0.05, 0.1) is 35.0 Å². The number of fused-ring (bicyclic) bond motifs is 2. The second kappa shape index (κ2) is 7.86. The highest BCUT2D eigenvalue weighted by Crippen LogP contribution is 2.37. The topological polar surface area (TPSA) is 110 Å². The van der Waals surface area contributed by atoms with Crippen molar-refractivity contribution in [2.45, 2.75) is 25.8 Å². The van der Waals surface area contributed by atoms with Crippen LogP contribution in [0.25, 0.3) is 17.0 Å². The molecule has 1 N–H and O–H groups in total. The van der Waals surface area contributed by atoms with Crippen molar-refractivity contribution < 1.29 is 18.0 Å². The van der Waals surface area contributed by atoms with Gasteiger partial charge >= 0.3 is 0 Å². The predicted molar refractivity (Wildman–Crippen MR) is 119 cm³/mol. The molecule has 5 aromatic heterocycles. The lowest BCUT2D eigenvalue weighted by Gasteiger charge is -2.33. The highest BCUT2D eigenvalue weighted by Gasteiger charge is 2.40. The van der Waals surface area contributed by atoms with Crippen LogP contribution in [0.15, 0.2) is 47.5 Å². The molecule has 0 saturated carbocycles. The van der Waals surface area contributed by atoms with Gasteiger partial charge in [-0.05, 0) is 24.6 Å². The number of alkyl halides is 2. The molecule has 0 fully saturated rings. The second-order valence-electron chi connectivity index (χ2n) is 8.44. The van der Waals surface area contributed by atoms with Crippen LogP contribution in [-0.2, 0) is 13.5 Å². The zero-order valence-corrected chi connectivity index (χ0v) is 18.8. The Morgan fingerprint density at radius 3 is 2.94 bits per heavy atom. The predicted octanol–water partition coefficient (Wildman–Crippen LogP) is 3.48. The molecule has 1 unspecified atom stereocenters. The SMILES string of the molecule is Cc1cccn2nc(C3c4nc[nH]c4CCN3C(=O)c3oc(-c4cnn(C)c4)nc3C(F)F)cc12. The van der Waals surface area contributed by atoms with Crippen LogP contribution in [0.3, 0.4) is 0 Å². The van der Waals surface area contributed by atoms with Crippen molar-refractivity contribution in [3.8, 4) is 11.5 Å². The zero-order chi connectivity index (χ0) is 24.3. The molecule has 12 heteroatoms. The molecule has 10 nitrogen and oxygen atoms in total. The Morgan fingerprint density at radius 2 is 2.20 bits per heavy atom. The molecule has 0 saturated heterocycles. The van der Waals surface area contributed by atoms with Crippen molar-refractivity contribution in [1.82, 2.24) is 39.2 Å². The lowest BCUT2D eigenvalue weighted by atomic mass is 9.99. The van der Waals surface area contributed by atoms with Crippen molar-refractivity contribution in [3.63, 3.8) is 0 Å². The fourth-order valence-electron chi connectivity index (χ4n) is 4.52. The Hall–Kier alpha value is -4.35. The number of amides is 1. The van der Waals surface area contributed by atoms with Gasteiger partial charge in [0.15, 0.2) is 5.69 Å². The number of aromatic nitrogens is 7. The number of imidazole rings is 1. The Kier molecular flexibility index (Phi) is 4.76. The van der Waals surface area contributed by atoms with E-state index in [9.17, 15) is 13.6 Å². The van der Waals surface area contributed by atoms with E-state index in [0.717, 1.165) is 16.8 Å². The molecule has 1 aliphatic heterocycles. The number of carbonyl (C=O) groups is 1. The molecule has 0 aliphatic carbocycles. The van der Waals surface area contributed by atoms with Gasteiger partial charge in [-0.3, -0.25) is 9.48 Å². The minimum absolute atomic E-state index is 0.0888. The minimum Gasteiger partial charge on any atom is -0.430 e. The van der Waals surface area contributed by atoms with Gasteiger partial charge in [-0.15, -0.1) is 0 Å². The summed E-state index contributed by atoms with van der Waals surface area (Å²) in [7, 11) is 1.68. The van der Waals surface area contributed by atoms with E-state index in [2.05, 4.69) is 25.1 Å². The van der Waals surface area contributed by atoms with Crippen molar-refractivity contribution in [3.05, 3.63) is 77.2 Å². The lowest BCUT2D eigenvalue weighted by molar-refractivity contribution is 0.0640. The van der Waals surface area contributed by atoms with Gasteiger partial charge in [-0.2, -0.15) is 10.2 Å². The average Bonchev–Trinajstić information content (AvgIpc) is 3.62. The first kappa shape index (κ1) is 21.2. The van der Waals surface area contributed by atoms with Crippen LogP contribution < -0.4 is 0 Å². The quantitative estimate of drug-likeness (QED) is 0.424. The molecule has 6 rings (SSSR count). The Labute approximate surface area is 197 Å². The van der Waals surface area contributed by atoms with Gasteiger partial charge in [0.25, 0.3) is 12.3 Å². The second-order valence-corrected chi connectivity index (χ2v) is 8.44. The Bertz CT molecular complexity index is 1560. The van der Waals surface area contributed by atoms with Crippen molar-refractivity contribution >= 4 is 11.4 Å². The van der Waals surface area contributed by atoms with Crippen LogP contribution in [-0.4, -0.2) is 51.7 Å². The van der Waals surface area contributed by atoms with E-state index in [1.807, 2.05) is 31.3 Å². The number of carbonyl (C=O) groups excluding carboxylic acids is 1. The number of H-pyrrole nitrogens is 1. The monoisotopic (exact) mass is 478 g/mol. The standard InChI is InChI=1S/C23H20F2N8O2/c1-12-4-3-6-33-16(12)8-15(30-33)19-17-14(26-11-27-17)5-7-32(19)23(34)20-18(21(24)25)29-22(35-20)13-9-28-31(2)10-13/h3-4,6,8-11,19,21H,5,7H2,1-2H3,(H,26,27). The van der Waals surface area contributed by atoms with Crippen LogP contribution in [0.4, 0.5) is 8.78 Å². The maximum absolute atomic E-state index is 13.9. The summed E-state index contributed by atoms with van der Waals surface area (Å²) >= 11 is 0. The molecule has 0 radical (unpaired) electrons. The summed E-state index contributed by atoms with van der Waals surface area (Å²) in [5.74, 6) is -1.28. The molecule has 1 atom stereocenters. The van der Waals surface area contributed by atoms with E-state index in [1.54, 1.807) is 24.1 Å². The number of nitrogens with one attached hydrogen (secondary N) is 1. The molecule has 1 aliphatic rings. The van der Waals surface area contributed by atoms with Gasteiger partial charge in [-0.25, -0.2) is 23.3 Å². The highest BCUT2D eigenvalue weighted by molar-refractivity contribution is 5.93. The number of aryl methyl sites for hydroxylation is 2. The first-order chi connectivity index (χ1) is 16.9. The fraction of sp³-hybridized carbons (Fsp3) is 0.261. The van der Waals surface area contributed by atoms with Crippen LogP contribution >= 0.6 is 0 Å². The molecule has 0 bridgehead atoms. The van der Waals surface area contributed by atoms with E-state index in [4.69, 9.17) is 4.42 Å². The fourth-order valence-corrected chi connectivity index (χ4v) is 4.52. The third-order valence-electron chi connectivity index (χ3n) is 6.20. The van der Waals surface area contributed by atoms with Crippen LogP contribution in [0, 0.1) is 6.92 Å². The molecule has 5 aromatic rings. The smallest absolute Gasteiger partial charge is 0.292 e. The summed E-state index contributed by atoms with van der Waals surface area (Å²) in [6, 6.07) is 5.05. The molecular formula is C23H20F2N8O2. The maximum atomic E-state index is 13.9. The van der Waals surface area contributed by atoms with E-state index >= 15 is 0 Å². The Balaban J connectivity index is 1.46. The third-order valence-corrected chi connectivity index (χ3v) is 6.20. The van der Waals surface area contributed by atoms with Gasteiger partial charge in [-0.1, -0.05) is 6.07 Å². The molecule has 6 heterocycles. The molecule has 178 valence electrons. The average molecular weight is 478 g/mol. The molecule has 0 aromatic carbocycles. The number of oxazole rings is 1. The van der Waals surface area contributed by atoms with E-state index in [-0.39, 0.29) is 12.4 Å². The normalized spacial score (nSPS) is 15.8. The third kappa shape index (κ3) is 3.40. The van der Waals surface area contributed by atoms with E-state index in [1.165, 1.54) is 15.8 Å². The summed E-state index contributed by atoms with van der Waals surface area (Å²) in [5.41, 5.74) is 3.65. The number of hydrogen-bond acceptors (Lipinski definition) is 6. The lowest BCUT2D eigenvalue weighted by Crippen LogP contribution is -2.41. The first-order valence-electron chi connectivity index (χ1n) is 11.0. The summed E-state index contributed by atoms with van der Waals surface area (Å²) in [6.07, 6.45) is 3.88. The minimum atomic E-state index is -3.00. The first-order valence-corrected chi connectivity index (χ1v) is 11.0. The number of nitrogens with zero attached hydrogens (tertiary/aromatic N) is 7. The van der Waals surface area contributed by atoms with E-state index < -0.39 is 29.8 Å². The summed E-state index contributed by atoms with van der Waals surface area (Å²) < 4.78 is 36.7. The van der Waals surface area contributed by atoms with Crippen LogP contribution in [0.2, 0.25) is 0 Å². The number of hydrogen-bond donors (Lipinski definition) is 1. The van der Waals surface area contributed by atoms with Gasteiger partial charge in [0, 0.05) is 38.1 Å².